The second-order valence-electron chi connectivity index (χ2n) is 6.83. The summed E-state index contributed by atoms with van der Waals surface area (Å²) < 4.78 is 4.13. The third-order valence-electron chi connectivity index (χ3n) is 4.55. The van der Waals surface area contributed by atoms with Crippen LogP contribution in [0.3, 0.4) is 0 Å². The highest BCUT2D eigenvalue weighted by atomic mass is 16.2. The van der Waals surface area contributed by atoms with E-state index in [0.717, 1.165) is 21.9 Å². The lowest BCUT2D eigenvalue weighted by atomic mass is 10.2. The third-order valence-corrected chi connectivity index (χ3v) is 4.55. The van der Waals surface area contributed by atoms with E-state index in [9.17, 15) is 4.79 Å². The minimum absolute atomic E-state index is 0.0759. The molecular weight excluding hydrogens is 326 g/mol. The fourth-order valence-corrected chi connectivity index (χ4v) is 3.51. The molecule has 0 aliphatic rings. The Morgan fingerprint density at radius 3 is 2.38 bits per heavy atom. The molecular formula is C20H21N5O. The van der Waals surface area contributed by atoms with Gasteiger partial charge in [-0.15, -0.1) is 0 Å². The normalized spacial score (nSPS) is 11.6. The molecule has 26 heavy (non-hydrogen) atoms. The molecule has 0 saturated heterocycles. The zero-order valence-corrected chi connectivity index (χ0v) is 15.3. The van der Waals surface area contributed by atoms with Crippen LogP contribution in [0.15, 0.2) is 48.8 Å². The van der Waals surface area contributed by atoms with E-state index >= 15 is 0 Å². The lowest BCUT2D eigenvalue weighted by Crippen LogP contribution is -2.24. The Bertz CT molecular complexity index is 1110. The number of rotatable bonds is 3. The van der Waals surface area contributed by atoms with Crippen LogP contribution in [0.4, 0.5) is 0 Å². The molecule has 0 atom stereocenters. The molecule has 4 aromatic rings. The smallest absolute Gasteiger partial charge is 0.270 e. The van der Waals surface area contributed by atoms with Gasteiger partial charge in [0, 0.05) is 37.9 Å². The summed E-state index contributed by atoms with van der Waals surface area (Å²) in [6, 6.07) is 12.2. The molecule has 4 rings (SSSR count). The number of hydrogen-bond acceptors (Lipinski definition) is 3. The molecule has 0 radical (unpaired) electrons. The van der Waals surface area contributed by atoms with E-state index < -0.39 is 0 Å². The Kier molecular flexibility index (Phi) is 3.76. The Hall–Kier alpha value is -3.15. The lowest BCUT2D eigenvalue weighted by Gasteiger charge is -2.13. The fraction of sp³-hybridized carbons (Fsp3) is 0.250. The van der Waals surface area contributed by atoms with Gasteiger partial charge < -0.3 is 9.47 Å². The first-order chi connectivity index (χ1) is 12.5. The average Bonchev–Trinajstić information content (AvgIpc) is 3.16. The number of hydrogen-bond donors (Lipinski definition) is 0. The highest BCUT2D eigenvalue weighted by molar-refractivity contribution is 6.11. The Labute approximate surface area is 151 Å². The molecule has 0 fully saturated rings. The molecule has 1 amide bonds. The van der Waals surface area contributed by atoms with E-state index in [4.69, 9.17) is 0 Å². The minimum atomic E-state index is -0.0759. The number of carbonyl (C=O) groups excluding carboxylic acids is 1. The van der Waals surface area contributed by atoms with Crippen molar-refractivity contribution in [3.8, 4) is 5.95 Å². The van der Waals surface area contributed by atoms with E-state index in [-0.39, 0.29) is 11.9 Å². The van der Waals surface area contributed by atoms with Crippen LogP contribution in [0, 0.1) is 0 Å². The fourth-order valence-electron chi connectivity index (χ4n) is 3.51. The van der Waals surface area contributed by atoms with Crippen molar-refractivity contribution < 1.29 is 4.79 Å². The van der Waals surface area contributed by atoms with E-state index in [2.05, 4.69) is 40.5 Å². The molecule has 0 aliphatic heterocycles. The summed E-state index contributed by atoms with van der Waals surface area (Å²) in [5.74, 6) is 0.424. The monoisotopic (exact) mass is 347 g/mol. The summed E-state index contributed by atoms with van der Waals surface area (Å²) in [5.41, 5.74) is 3.68. The van der Waals surface area contributed by atoms with Gasteiger partial charge in [-0.25, -0.2) is 9.97 Å². The summed E-state index contributed by atoms with van der Waals surface area (Å²) in [6.07, 6.45) is 3.39. The van der Waals surface area contributed by atoms with Crippen LogP contribution >= 0.6 is 0 Å². The number of aromatic nitrogens is 4. The predicted molar refractivity (Wildman–Crippen MR) is 103 cm³/mol. The van der Waals surface area contributed by atoms with E-state index in [1.807, 2.05) is 22.8 Å². The summed E-state index contributed by atoms with van der Waals surface area (Å²) in [5, 5.41) is 1.08. The molecule has 0 bridgehead atoms. The molecule has 0 unspecified atom stereocenters. The second kappa shape index (κ2) is 5.98. The number of carbonyl (C=O) groups is 1. The van der Waals surface area contributed by atoms with Crippen LogP contribution in [-0.4, -0.2) is 44.0 Å². The SMILES string of the molecule is CC(C)n1c2ccccc2c2c1cc(C(=O)N(C)C)n2-c1ncccn1. The van der Waals surface area contributed by atoms with Crippen molar-refractivity contribution in [2.45, 2.75) is 19.9 Å². The molecule has 1 aromatic carbocycles. The van der Waals surface area contributed by atoms with Crippen molar-refractivity contribution in [1.82, 2.24) is 24.0 Å². The van der Waals surface area contributed by atoms with Gasteiger partial charge in [0.05, 0.1) is 16.6 Å². The Morgan fingerprint density at radius 1 is 1.04 bits per heavy atom. The maximum absolute atomic E-state index is 12.9. The Morgan fingerprint density at radius 2 is 1.73 bits per heavy atom. The van der Waals surface area contributed by atoms with Gasteiger partial charge in [0.15, 0.2) is 0 Å². The number of para-hydroxylation sites is 1. The molecule has 0 aliphatic carbocycles. The maximum atomic E-state index is 12.9. The van der Waals surface area contributed by atoms with E-state index in [1.165, 1.54) is 0 Å². The summed E-state index contributed by atoms with van der Waals surface area (Å²) in [7, 11) is 3.51. The van der Waals surface area contributed by atoms with Crippen molar-refractivity contribution in [3.05, 3.63) is 54.5 Å². The molecule has 6 heteroatoms. The first kappa shape index (κ1) is 16.3. The summed E-state index contributed by atoms with van der Waals surface area (Å²) in [6.45, 7) is 4.30. The molecule has 0 saturated carbocycles. The highest BCUT2D eigenvalue weighted by Gasteiger charge is 2.25. The quantitative estimate of drug-likeness (QED) is 0.568. The highest BCUT2D eigenvalue weighted by Crippen LogP contribution is 2.35. The number of fused-ring (bicyclic) bond motifs is 3. The van der Waals surface area contributed by atoms with Gasteiger partial charge in [0.25, 0.3) is 5.91 Å². The van der Waals surface area contributed by atoms with Gasteiger partial charge in [-0.05, 0) is 32.0 Å². The number of nitrogens with zero attached hydrogens (tertiary/aromatic N) is 5. The molecule has 0 spiro atoms. The first-order valence-electron chi connectivity index (χ1n) is 8.64. The minimum Gasteiger partial charge on any atom is -0.343 e. The zero-order chi connectivity index (χ0) is 18.4. The molecule has 3 heterocycles. The Balaban J connectivity index is 2.19. The van der Waals surface area contributed by atoms with Gasteiger partial charge in [0.2, 0.25) is 5.95 Å². The van der Waals surface area contributed by atoms with Gasteiger partial charge in [-0.1, -0.05) is 18.2 Å². The average molecular weight is 347 g/mol. The van der Waals surface area contributed by atoms with Crippen LogP contribution in [0.1, 0.15) is 30.4 Å². The number of benzene rings is 1. The predicted octanol–water partition coefficient (Wildman–Crippen LogP) is 3.66. The second-order valence-corrected chi connectivity index (χ2v) is 6.83. The number of amides is 1. The molecule has 0 N–H and O–H groups in total. The first-order valence-corrected chi connectivity index (χ1v) is 8.64. The van der Waals surface area contributed by atoms with Gasteiger partial charge in [-0.2, -0.15) is 0 Å². The largest absolute Gasteiger partial charge is 0.343 e. The standard InChI is InChI=1S/C20H21N5O/c1-13(2)24-15-9-6-5-8-14(15)18-16(24)12-17(19(26)23(3)4)25(18)20-21-10-7-11-22-20/h5-13H,1-4H3. The summed E-state index contributed by atoms with van der Waals surface area (Å²) in [4.78, 5) is 23.3. The van der Waals surface area contributed by atoms with Crippen molar-refractivity contribution in [2.75, 3.05) is 14.1 Å². The molecule has 3 aromatic heterocycles. The third kappa shape index (κ3) is 2.29. The van der Waals surface area contributed by atoms with Crippen molar-refractivity contribution >= 4 is 27.8 Å². The van der Waals surface area contributed by atoms with E-state index in [0.29, 0.717) is 11.6 Å². The zero-order valence-electron chi connectivity index (χ0n) is 15.3. The van der Waals surface area contributed by atoms with Gasteiger partial charge in [-0.3, -0.25) is 9.36 Å². The van der Waals surface area contributed by atoms with Gasteiger partial charge in [0.1, 0.15) is 5.69 Å². The summed E-state index contributed by atoms with van der Waals surface area (Å²) >= 11 is 0. The van der Waals surface area contributed by atoms with Crippen LogP contribution in [0.25, 0.3) is 27.9 Å². The maximum Gasteiger partial charge on any atom is 0.270 e. The van der Waals surface area contributed by atoms with E-state index in [1.54, 1.807) is 37.5 Å². The van der Waals surface area contributed by atoms with Crippen molar-refractivity contribution in [2.24, 2.45) is 0 Å². The molecule has 132 valence electrons. The van der Waals surface area contributed by atoms with Crippen LogP contribution < -0.4 is 0 Å². The van der Waals surface area contributed by atoms with Gasteiger partial charge >= 0.3 is 0 Å². The van der Waals surface area contributed by atoms with Crippen LogP contribution in [-0.2, 0) is 0 Å². The van der Waals surface area contributed by atoms with Crippen molar-refractivity contribution in [3.63, 3.8) is 0 Å². The topological polar surface area (TPSA) is 56.0 Å². The lowest BCUT2D eigenvalue weighted by molar-refractivity contribution is 0.0820. The van der Waals surface area contributed by atoms with Crippen LogP contribution in [0.5, 0.6) is 0 Å². The van der Waals surface area contributed by atoms with Crippen molar-refractivity contribution in [1.29, 1.82) is 0 Å². The van der Waals surface area contributed by atoms with Crippen LogP contribution in [0.2, 0.25) is 0 Å². The molecule has 6 nitrogen and oxygen atoms in total.